The molecule has 1 spiro atoms. The number of aromatic nitrogens is 5. The number of fused-ring (bicyclic) bond motifs is 2. The predicted molar refractivity (Wildman–Crippen MR) is 136 cm³/mol. The minimum Gasteiger partial charge on any atom is -0.341 e. The van der Waals surface area contributed by atoms with Crippen molar-refractivity contribution in [1.29, 1.82) is 5.26 Å². The fourth-order valence-corrected chi connectivity index (χ4v) is 6.56. The maximum Gasteiger partial charge on any atom is 0.228 e. The molecule has 3 N–H and O–H groups in total. The molecule has 0 bridgehead atoms. The van der Waals surface area contributed by atoms with Crippen LogP contribution in [0.1, 0.15) is 35.8 Å². The highest BCUT2D eigenvalue weighted by atomic mass is 35.5. The highest BCUT2D eigenvalue weighted by molar-refractivity contribution is 7.99. The van der Waals surface area contributed by atoms with Crippen molar-refractivity contribution in [2.45, 2.75) is 35.2 Å². The van der Waals surface area contributed by atoms with Gasteiger partial charge >= 0.3 is 0 Å². The largest absolute Gasteiger partial charge is 0.341 e. The summed E-state index contributed by atoms with van der Waals surface area (Å²) in [4.78, 5) is 16.7. The molecule has 2 aliphatic rings. The Labute approximate surface area is 215 Å². The van der Waals surface area contributed by atoms with Gasteiger partial charge in [-0.1, -0.05) is 47.1 Å². The van der Waals surface area contributed by atoms with Gasteiger partial charge in [-0.2, -0.15) is 15.3 Å². The first-order valence-electron chi connectivity index (χ1n) is 11.2. The molecule has 0 unspecified atom stereocenters. The van der Waals surface area contributed by atoms with Gasteiger partial charge in [-0.25, -0.2) is 4.98 Å². The Balaban J connectivity index is 1.26. The summed E-state index contributed by atoms with van der Waals surface area (Å²) in [6, 6.07) is 11.6. The third-order valence-corrected chi connectivity index (χ3v) is 9.06. The molecule has 6 rings (SSSR count). The molecule has 35 heavy (non-hydrogen) atoms. The van der Waals surface area contributed by atoms with Gasteiger partial charge in [0.1, 0.15) is 11.1 Å². The molecule has 1 aliphatic heterocycles. The number of hydrogen-bond acceptors (Lipinski definition) is 8. The number of nitrogens with two attached hydrogens (primary N) is 1. The van der Waals surface area contributed by atoms with Crippen molar-refractivity contribution >= 4 is 51.9 Å². The highest BCUT2D eigenvalue weighted by Gasteiger charge is 2.46. The van der Waals surface area contributed by atoms with E-state index in [0.717, 1.165) is 48.5 Å². The third kappa shape index (κ3) is 3.72. The van der Waals surface area contributed by atoms with Gasteiger partial charge < -0.3 is 10.6 Å². The van der Waals surface area contributed by atoms with E-state index in [1.54, 1.807) is 6.07 Å². The summed E-state index contributed by atoms with van der Waals surface area (Å²) >= 11 is 13.8. The number of aromatic amines is 1. The number of rotatable bonds is 3. The van der Waals surface area contributed by atoms with Gasteiger partial charge in [0, 0.05) is 35.9 Å². The molecule has 3 aromatic heterocycles. The Morgan fingerprint density at radius 1 is 1.17 bits per heavy atom. The van der Waals surface area contributed by atoms with E-state index in [0.29, 0.717) is 32.1 Å². The van der Waals surface area contributed by atoms with Gasteiger partial charge in [0.2, 0.25) is 5.95 Å². The number of nitrogens with one attached hydrogen (secondary N) is 1. The van der Waals surface area contributed by atoms with E-state index < -0.39 is 0 Å². The summed E-state index contributed by atoms with van der Waals surface area (Å²) < 4.78 is 0. The second-order valence-electron chi connectivity index (χ2n) is 8.93. The first-order valence-corrected chi connectivity index (χ1v) is 12.8. The number of nitriles is 1. The Morgan fingerprint density at radius 3 is 2.77 bits per heavy atom. The smallest absolute Gasteiger partial charge is 0.228 e. The Kier molecular flexibility index (Phi) is 5.57. The molecule has 4 heterocycles. The van der Waals surface area contributed by atoms with Crippen molar-refractivity contribution in [2.24, 2.45) is 11.1 Å². The predicted octanol–water partition coefficient (Wildman–Crippen LogP) is 4.92. The zero-order chi connectivity index (χ0) is 24.2. The number of anilines is 1. The van der Waals surface area contributed by atoms with Gasteiger partial charge in [-0.15, -0.1) is 0 Å². The number of benzene rings is 1. The number of pyridine rings is 1. The van der Waals surface area contributed by atoms with Crippen molar-refractivity contribution in [3.63, 3.8) is 0 Å². The molecule has 0 radical (unpaired) electrons. The van der Waals surface area contributed by atoms with Gasteiger partial charge in [0.15, 0.2) is 11.3 Å². The molecule has 1 fully saturated rings. The van der Waals surface area contributed by atoms with Crippen molar-refractivity contribution in [1.82, 2.24) is 25.1 Å². The number of piperidine rings is 1. The van der Waals surface area contributed by atoms with Gasteiger partial charge in [-0.3, -0.25) is 10.1 Å². The van der Waals surface area contributed by atoms with E-state index in [2.05, 4.69) is 37.2 Å². The van der Waals surface area contributed by atoms with E-state index in [1.165, 1.54) is 11.8 Å². The third-order valence-electron chi connectivity index (χ3n) is 7.08. The van der Waals surface area contributed by atoms with Crippen LogP contribution in [0.15, 0.2) is 46.5 Å². The van der Waals surface area contributed by atoms with Crippen LogP contribution in [0.2, 0.25) is 10.0 Å². The van der Waals surface area contributed by atoms with Crippen LogP contribution >= 0.6 is 35.0 Å². The van der Waals surface area contributed by atoms with Gasteiger partial charge in [-0.05, 0) is 48.4 Å². The maximum atomic E-state index is 9.89. The maximum absolute atomic E-state index is 9.89. The molecule has 1 aromatic carbocycles. The Hall–Kier alpha value is -2.90. The molecule has 1 aliphatic carbocycles. The van der Waals surface area contributed by atoms with Gasteiger partial charge in [0.05, 0.1) is 15.4 Å². The number of nitrogens with zero attached hydrogens (tertiary/aromatic N) is 6. The average molecular weight is 523 g/mol. The van der Waals surface area contributed by atoms with E-state index in [-0.39, 0.29) is 17.2 Å². The van der Waals surface area contributed by atoms with Crippen LogP contribution in [0.25, 0.3) is 11.0 Å². The monoisotopic (exact) mass is 522 g/mol. The minimum absolute atomic E-state index is 0.00334. The Morgan fingerprint density at radius 2 is 2.00 bits per heavy atom. The standard InChI is InChI=1S/C24H20Cl2N8S/c25-14-4-1-5-17(19(14)26)35-22-18-16(12-27)30-23(31-21(18)32-33-22)34-9-6-24(7-10-34)11-15-13(20(24)28)3-2-8-29-15/h1-5,8,20H,6-7,9-11,28H2,(H,30,31,32,33)/t20-/m1/s1. The fraction of sp³-hybridized carbons (Fsp3) is 0.292. The van der Waals surface area contributed by atoms with Crippen LogP contribution < -0.4 is 10.6 Å². The lowest BCUT2D eigenvalue weighted by Crippen LogP contribution is -2.45. The van der Waals surface area contributed by atoms with Crippen LogP contribution in [-0.2, 0) is 6.42 Å². The SMILES string of the molecule is N#Cc1nc(N2CCC3(CC2)Cc2ncccc2[C@H]3N)nc2[nH]nc(Sc3cccc(Cl)c3Cl)c12. The molecule has 4 aromatic rings. The van der Waals surface area contributed by atoms with Crippen molar-refractivity contribution in [3.05, 3.63) is 63.5 Å². The van der Waals surface area contributed by atoms with E-state index in [4.69, 9.17) is 33.9 Å². The molecule has 1 atom stereocenters. The summed E-state index contributed by atoms with van der Waals surface area (Å²) in [6.45, 7) is 1.51. The molecule has 176 valence electrons. The van der Waals surface area contributed by atoms with Crippen LogP contribution in [0.4, 0.5) is 5.95 Å². The second kappa shape index (κ2) is 8.64. The molecule has 0 amide bonds. The van der Waals surface area contributed by atoms with Crippen molar-refractivity contribution < 1.29 is 0 Å². The zero-order valence-electron chi connectivity index (χ0n) is 18.5. The Bertz CT molecular complexity index is 1490. The molecule has 1 saturated heterocycles. The van der Waals surface area contributed by atoms with E-state index >= 15 is 0 Å². The molecule has 0 saturated carbocycles. The van der Waals surface area contributed by atoms with Crippen LogP contribution in [-0.4, -0.2) is 38.2 Å². The van der Waals surface area contributed by atoms with Crippen molar-refractivity contribution in [2.75, 3.05) is 18.0 Å². The molecule has 8 nitrogen and oxygen atoms in total. The second-order valence-corrected chi connectivity index (χ2v) is 10.7. The first-order chi connectivity index (χ1) is 17.0. The summed E-state index contributed by atoms with van der Waals surface area (Å²) in [7, 11) is 0. The summed E-state index contributed by atoms with van der Waals surface area (Å²) in [5, 5.41) is 19.3. The molecular formula is C24H20Cl2N8S. The van der Waals surface area contributed by atoms with Crippen LogP contribution in [0.5, 0.6) is 0 Å². The highest BCUT2D eigenvalue weighted by Crippen LogP contribution is 2.50. The molecule has 11 heteroatoms. The lowest BCUT2D eigenvalue weighted by molar-refractivity contribution is 0.186. The zero-order valence-corrected chi connectivity index (χ0v) is 20.8. The summed E-state index contributed by atoms with van der Waals surface area (Å²) in [6.07, 6.45) is 4.55. The number of H-pyrrole nitrogens is 1. The van der Waals surface area contributed by atoms with Crippen LogP contribution in [0, 0.1) is 16.7 Å². The first kappa shape index (κ1) is 22.6. The molecular weight excluding hydrogens is 503 g/mol. The van der Waals surface area contributed by atoms with Crippen molar-refractivity contribution in [3.8, 4) is 6.07 Å². The lowest BCUT2D eigenvalue weighted by atomic mass is 9.73. The lowest BCUT2D eigenvalue weighted by Gasteiger charge is -2.42. The van der Waals surface area contributed by atoms with E-state index in [1.807, 2.05) is 24.4 Å². The normalized spacial score (nSPS) is 18.7. The van der Waals surface area contributed by atoms with Crippen LogP contribution in [0.3, 0.4) is 0 Å². The van der Waals surface area contributed by atoms with Gasteiger partial charge in [0.25, 0.3) is 0 Å². The van der Waals surface area contributed by atoms with E-state index in [9.17, 15) is 5.26 Å². The quantitative estimate of drug-likeness (QED) is 0.388. The number of hydrogen-bond donors (Lipinski definition) is 2. The number of halogens is 2. The minimum atomic E-state index is -0.0167. The topological polar surface area (TPSA) is 120 Å². The summed E-state index contributed by atoms with van der Waals surface area (Å²) in [5.74, 6) is 0.520. The average Bonchev–Trinajstić information content (AvgIpc) is 3.40. The fourth-order valence-electron chi connectivity index (χ4n) is 5.15. The summed E-state index contributed by atoms with van der Waals surface area (Å²) in [5.41, 5.74) is 9.74.